The largest absolute Gasteiger partial charge is 0.456 e. The van der Waals surface area contributed by atoms with Crippen molar-refractivity contribution in [2.45, 2.75) is 13.8 Å². The summed E-state index contributed by atoms with van der Waals surface area (Å²) in [5, 5.41) is 1.53. The van der Waals surface area contributed by atoms with Crippen molar-refractivity contribution in [1.82, 2.24) is 0 Å². The van der Waals surface area contributed by atoms with Crippen LogP contribution in [0.4, 0.5) is 0 Å². The molecule has 0 N–H and O–H groups in total. The van der Waals surface area contributed by atoms with Crippen molar-refractivity contribution in [2.75, 3.05) is 0 Å². The number of rotatable bonds is 2. The van der Waals surface area contributed by atoms with Crippen LogP contribution in [-0.2, 0) is 0 Å². The van der Waals surface area contributed by atoms with Crippen LogP contribution in [0.3, 0.4) is 0 Å². The fraction of sp³-hybridized carbons (Fsp3) is 0.111. The van der Waals surface area contributed by atoms with Gasteiger partial charge in [-0.1, -0.05) is 23.2 Å². The van der Waals surface area contributed by atoms with Crippen LogP contribution in [0.2, 0.25) is 10.0 Å². The summed E-state index contributed by atoms with van der Waals surface area (Å²) in [6.07, 6.45) is 0. The number of hydrogen-bond donors (Lipinski definition) is 0. The van der Waals surface area contributed by atoms with Crippen LogP contribution < -0.4 is 0 Å². The standard InChI is InChI=1S/C18H14Cl2O/c1-11-9-13(3-5-15(11)19)17-7-8-18(21-17)14-4-6-16(20)12(2)10-14/h3-10H,1-2H3. The first-order valence-electron chi connectivity index (χ1n) is 6.67. The Morgan fingerprint density at radius 2 is 1.10 bits per heavy atom. The molecule has 21 heavy (non-hydrogen) atoms. The molecule has 1 nitrogen and oxygen atoms in total. The van der Waals surface area contributed by atoms with E-state index >= 15 is 0 Å². The molecule has 0 saturated carbocycles. The summed E-state index contributed by atoms with van der Waals surface area (Å²) in [5.41, 5.74) is 4.12. The summed E-state index contributed by atoms with van der Waals surface area (Å²) in [5.74, 6) is 1.66. The van der Waals surface area contributed by atoms with Gasteiger partial charge in [0.15, 0.2) is 0 Å². The van der Waals surface area contributed by atoms with Crippen LogP contribution in [0.5, 0.6) is 0 Å². The van der Waals surface area contributed by atoms with E-state index in [2.05, 4.69) is 0 Å². The summed E-state index contributed by atoms with van der Waals surface area (Å²) in [6, 6.07) is 15.7. The van der Waals surface area contributed by atoms with Gasteiger partial charge < -0.3 is 4.42 Å². The SMILES string of the molecule is Cc1cc(-c2ccc(-c3ccc(Cl)c(C)c3)o2)ccc1Cl. The molecule has 0 unspecified atom stereocenters. The van der Waals surface area contributed by atoms with Crippen LogP contribution in [0.1, 0.15) is 11.1 Å². The molecule has 0 atom stereocenters. The van der Waals surface area contributed by atoms with Gasteiger partial charge in [0, 0.05) is 21.2 Å². The third kappa shape index (κ3) is 2.85. The van der Waals surface area contributed by atoms with E-state index in [4.69, 9.17) is 27.6 Å². The lowest BCUT2D eigenvalue weighted by Crippen LogP contribution is -1.79. The summed E-state index contributed by atoms with van der Waals surface area (Å²) in [6.45, 7) is 3.97. The van der Waals surface area contributed by atoms with E-state index in [0.29, 0.717) is 0 Å². The van der Waals surface area contributed by atoms with E-state index in [1.54, 1.807) is 0 Å². The van der Waals surface area contributed by atoms with Gasteiger partial charge in [0.25, 0.3) is 0 Å². The summed E-state index contributed by atoms with van der Waals surface area (Å²) < 4.78 is 5.96. The van der Waals surface area contributed by atoms with Gasteiger partial charge in [-0.05, 0) is 73.5 Å². The Hall–Kier alpha value is -1.70. The molecule has 0 bridgehead atoms. The minimum absolute atomic E-state index is 0.763. The zero-order valence-corrected chi connectivity index (χ0v) is 13.3. The Morgan fingerprint density at radius 3 is 1.48 bits per heavy atom. The Balaban J connectivity index is 1.99. The average molecular weight is 317 g/mol. The van der Waals surface area contributed by atoms with Gasteiger partial charge in [0.1, 0.15) is 11.5 Å². The Bertz CT molecular complexity index is 737. The molecule has 1 heterocycles. The van der Waals surface area contributed by atoms with E-state index in [1.807, 2.05) is 62.4 Å². The van der Waals surface area contributed by atoms with Gasteiger partial charge in [-0.3, -0.25) is 0 Å². The third-order valence-electron chi connectivity index (χ3n) is 3.49. The average Bonchev–Trinajstić information content (AvgIpc) is 2.94. The highest BCUT2D eigenvalue weighted by Crippen LogP contribution is 2.31. The molecule has 0 radical (unpaired) electrons. The lowest BCUT2D eigenvalue weighted by Gasteiger charge is -2.03. The molecule has 3 rings (SSSR count). The zero-order valence-electron chi connectivity index (χ0n) is 11.8. The second-order valence-corrected chi connectivity index (χ2v) is 5.91. The smallest absolute Gasteiger partial charge is 0.134 e. The lowest BCUT2D eigenvalue weighted by molar-refractivity contribution is 0.597. The van der Waals surface area contributed by atoms with E-state index in [-0.39, 0.29) is 0 Å². The van der Waals surface area contributed by atoms with Crippen molar-refractivity contribution < 1.29 is 4.42 Å². The first-order valence-corrected chi connectivity index (χ1v) is 7.43. The minimum atomic E-state index is 0.763. The van der Waals surface area contributed by atoms with E-state index < -0.39 is 0 Å². The summed E-state index contributed by atoms with van der Waals surface area (Å²) in [7, 11) is 0. The number of benzene rings is 2. The first kappa shape index (κ1) is 14.2. The molecule has 0 aliphatic carbocycles. The molecule has 1 aromatic heterocycles. The normalized spacial score (nSPS) is 10.9. The van der Waals surface area contributed by atoms with Gasteiger partial charge in [-0.15, -0.1) is 0 Å². The molecule has 0 amide bonds. The summed E-state index contributed by atoms with van der Waals surface area (Å²) in [4.78, 5) is 0. The van der Waals surface area contributed by atoms with Gasteiger partial charge in [0.05, 0.1) is 0 Å². The monoisotopic (exact) mass is 316 g/mol. The van der Waals surface area contributed by atoms with Crippen molar-refractivity contribution in [2.24, 2.45) is 0 Å². The van der Waals surface area contributed by atoms with Gasteiger partial charge >= 0.3 is 0 Å². The second-order valence-electron chi connectivity index (χ2n) is 5.09. The van der Waals surface area contributed by atoms with Crippen molar-refractivity contribution in [3.8, 4) is 22.6 Å². The molecule has 0 aliphatic rings. The Kier molecular flexibility index (Phi) is 3.79. The Morgan fingerprint density at radius 1 is 0.667 bits per heavy atom. The van der Waals surface area contributed by atoms with Crippen LogP contribution in [-0.4, -0.2) is 0 Å². The van der Waals surface area contributed by atoms with Crippen LogP contribution in [0.25, 0.3) is 22.6 Å². The molecule has 3 heteroatoms. The number of aryl methyl sites for hydroxylation is 2. The summed E-state index contributed by atoms with van der Waals surface area (Å²) >= 11 is 12.1. The van der Waals surface area contributed by atoms with E-state index in [9.17, 15) is 0 Å². The molecule has 2 aromatic carbocycles. The minimum Gasteiger partial charge on any atom is -0.456 e. The van der Waals surface area contributed by atoms with Crippen molar-refractivity contribution >= 4 is 23.2 Å². The molecule has 3 aromatic rings. The van der Waals surface area contributed by atoms with Crippen LogP contribution in [0.15, 0.2) is 52.9 Å². The number of hydrogen-bond acceptors (Lipinski definition) is 1. The maximum Gasteiger partial charge on any atom is 0.134 e. The van der Waals surface area contributed by atoms with Crippen molar-refractivity contribution in [3.63, 3.8) is 0 Å². The highest BCUT2D eigenvalue weighted by Gasteiger charge is 2.09. The molecule has 106 valence electrons. The van der Waals surface area contributed by atoms with Crippen molar-refractivity contribution in [1.29, 1.82) is 0 Å². The first-order chi connectivity index (χ1) is 10.0. The molecule has 0 spiro atoms. The highest BCUT2D eigenvalue weighted by atomic mass is 35.5. The molecule has 0 fully saturated rings. The molecule has 0 aliphatic heterocycles. The maximum absolute atomic E-state index is 6.06. The fourth-order valence-corrected chi connectivity index (χ4v) is 2.48. The lowest BCUT2D eigenvalue weighted by atomic mass is 10.1. The quantitative estimate of drug-likeness (QED) is 0.523. The predicted molar refractivity (Wildman–Crippen MR) is 89.1 cm³/mol. The Labute approximate surface area is 134 Å². The number of furan rings is 1. The van der Waals surface area contributed by atoms with Gasteiger partial charge in [-0.25, -0.2) is 0 Å². The van der Waals surface area contributed by atoms with E-state index in [0.717, 1.165) is 43.8 Å². The van der Waals surface area contributed by atoms with Crippen LogP contribution in [0, 0.1) is 13.8 Å². The number of halogens is 2. The molecular formula is C18H14Cl2O. The molecular weight excluding hydrogens is 303 g/mol. The predicted octanol–water partition coefficient (Wildman–Crippen LogP) is 6.54. The maximum atomic E-state index is 6.06. The topological polar surface area (TPSA) is 13.1 Å². The zero-order chi connectivity index (χ0) is 15.0. The van der Waals surface area contributed by atoms with E-state index in [1.165, 1.54) is 0 Å². The second kappa shape index (κ2) is 5.59. The van der Waals surface area contributed by atoms with Crippen LogP contribution >= 0.6 is 23.2 Å². The molecule has 0 saturated heterocycles. The van der Waals surface area contributed by atoms with Gasteiger partial charge in [0.2, 0.25) is 0 Å². The van der Waals surface area contributed by atoms with Crippen molar-refractivity contribution in [3.05, 3.63) is 69.7 Å². The fourth-order valence-electron chi connectivity index (χ4n) is 2.24. The highest BCUT2D eigenvalue weighted by molar-refractivity contribution is 6.31. The van der Waals surface area contributed by atoms with Gasteiger partial charge in [-0.2, -0.15) is 0 Å². The third-order valence-corrected chi connectivity index (χ3v) is 4.34.